The maximum atomic E-state index is 13.2. The summed E-state index contributed by atoms with van der Waals surface area (Å²) in [7, 11) is 0. The lowest BCUT2D eigenvalue weighted by molar-refractivity contribution is -0.127. The summed E-state index contributed by atoms with van der Waals surface area (Å²) in [4.78, 5) is 39.2. The fourth-order valence-electron chi connectivity index (χ4n) is 3.73. The number of carbonyl (C=O) groups is 3. The van der Waals surface area contributed by atoms with Crippen molar-refractivity contribution in [2.75, 3.05) is 18.1 Å². The van der Waals surface area contributed by atoms with Crippen LogP contribution in [0.1, 0.15) is 69.6 Å². The molecule has 3 rings (SSSR count). The first-order valence-corrected chi connectivity index (χ1v) is 11.9. The van der Waals surface area contributed by atoms with Crippen molar-refractivity contribution in [2.45, 2.75) is 59.4 Å². The average molecular weight is 460 g/mol. The molecule has 34 heavy (non-hydrogen) atoms. The topological polar surface area (TPSA) is 63.7 Å². The number of Topliss-reactive ketones (excluding diaryl/α,β-unsaturated/α-hetero) is 2. The van der Waals surface area contributed by atoms with Crippen LogP contribution in [-0.2, 0) is 25.7 Å². The molecule has 1 amide bonds. The normalized spacial score (nSPS) is 12.5. The van der Waals surface area contributed by atoms with Crippen molar-refractivity contribution in [3.05, 3.63) is 65.2 Å². The minimum atomic E-state index is -0.354. The monoisotopic (exact) mass is 459 g/mol. The van der Waals surface area contributed by atoms with Crippen molar-refractivity contribution in [1.82, 2.24) is 0 Å². The zero-order valence-electron chi connectivity index (χ0n) is 20.4. The van der Waals surface area contributed by atoms with E-state index in [1.54, 1.807) is 4.90 Å². The molecule has 178 valence electrons. The molecule has 0 N–H and O–H groups in total. The standard InChI is InChI=1S/C29H33NO4/c1-29(2,3)27(32)18-20-34-19-8-12-25(31)16-17-28(33)30-21-24-11-5-4-9-22(24)14-15-23-10-6-7-13-26(23)30/h4-7,9-11,13H,8,12,16-21H2,1-3H3. The van der Waals surface area contributed by atoms with Gasteiger partial charge in [0, 0.05) is 48.8 Å². The molecule has 1 aliphatic rings. The Morgan fingerprint density at radius 1 is 0.853 bits per heavy atom. The number of rotatable bonds is 10. The maximum Gasteiger partial charge on any atom is 0.227 e. The predicted molar refractivity (Wildman–Crippen MR) is 133 cm³/mol. The Morgan fingerprint density at radius 3 is 2.29 bits per heavy atom. The van der Waals surface area contributed by atoms with E-state index in [1.807, 2.05) is 69.3 Å². The van der Waals surface area contributed by atoms with E-state index in [4.69, 9.17) is 4.74 Å². The van der Waals surface area contributed by atoms with Gasteiger partial charge >= 0.3 is 0 Å². The third-order valence-electron chi connectivity index (χ3n) is 5.85. The summed E-state index contributed by atoms with van der Waals surface area (Å²) < 4.78 is 5.51. The lowest BCUT2D eigenvalue weighted by Crippen LogP contribution is -2.32. The van der Waals surface area contributed by atoms with Gasteiger partial charge in [-0.2, -0.15) is 0 Å². The van der Waals surface area contributed by atoms with E-state index in [-0.39, 0.29) is 35.7 Å². The molecular formula is C29H33NO4. The van der Waals surface area contributed by atoms with Crippen LogP contribution >= 0.6 is 0 Å². The second kappa shape index (κ2) is 11.8. The van der Waals surface area contributed by atoms with Crippen molar-refractivity contribution in [2.24, 2.45) is 5.41 Å². The number of hydrogen-bond donors (Lipinski definition) is 0. The maximum absolute atomic E-state index is 13.2. The van der Waals surface area contributed by atoms with Gasteiger partial charge in [-0.1, -0.05) is 62.9 Å². The molecule has 5 nitrogen and oxygen atoms in total. The van der Waals surface area contributed by atoms with Gasteiger partial charge in [0.05, 0.1) is 18.8 Å². The highest BCUT2D eigenvalue weighted by molar-refractivity contribution is 5.97. The van der Waals surface area contributed by atoms with Crippen LogP contribution in [0, 0.1) is 17.3 Å². The molecule has 0 aliphatic carbocycles. The first kappa shape index (κ1) is 25.4. The Labute approximate surface area is 202 Å². The van der Waals surface area contributed by atoms with Crippen molar-refractivity contribution in [3.8, 4) is 11.8 Å². The predicted octanol–water partition coefficient (Wildman–Crippen LogP) is 5.08. The largest absolute Gasteiger partial charge is 0.381 e. The van der Waals surface area contributed by atoms with E-state index in [1.165, 1.54) is 0 Å². The van der Waals surface area contributed by atoms with Gasteiger partial charge < -0.3 is 9.64 Å². The third kappa shape index (κ3) is 7.13. The number of anilines is 1. The summed E-state index contributed by atoms with van der Waals surface area (Å²) in [5.41, 5.74) is 3.13. The molecule has 1 aliphatic heterocycles. The van der Waals surface area contributed by atoms with E-state index < -0.39 is 0 Å². The van der Waals surface area contributed by atoms with Crippen LogP contribution in [0.2, 0.25) is 0 Å². The number of benzene rings is 2. The van der Waals surface area contributed by atoms with Gasteiger partial charge in [0.25, 0.3) is 0 Å². The van der Waals surface area contributed by atoms with E-state index in [0.29, 0.717) is 39.0 Å². The van der Waals surface area contributed by atoms with Crippen LogP contribution in [0.4, 0.5) is 5.69 Å². The lowest BCUT2D eigenvalue weighted by atomic mass is 9.89. The zero-order chi connectivity index (χ0) is 24.6. The van der Waals surface area contributed by atoms with E-state index >= 15 is 0 Å². The molecule has 0 atom stereocenters. The number of ether oxygens (including phenoxy) is 1. The molecule has 0 unspecified atom stereocenters. The molecule has 0 saturated carbocycles. The summed E-state index contributed by atoms with van der Waals surface area (Å²) in [6.45, 7) is 6.93. The summed E-state index contributed by atoms with van der Waals surface area (Å²) in [6, 6.07) is 15.5. The number of hydrogen-bond acceptors (Lipinski definition) is 4. The van der Waals surface area contributed by atoms with Gasteiger partial charge in [0.2, 0.25) is 5.91 Å². The minimum Gasteiger partial charge on any atom is -0.381 e. The average Bonchev–Trinajstić information content (AvgIpc) is 2.80. The molecule has 1 heterocycles. The van der Waals surface area contributed by atoms with Crippen LogP contribution in [0.15, 0.2) is 48.5 Å². The Balaban J connectivity index is 1.49. The number of carbonyl (C=O) groups excluding carboxylic acids is 3. The van der Waals surface area contributed by atoms with E-state index in [0.717, 1.165) is 22.4 Å². The first-order chi connectivity index (χ1) is 16.3. The van der Waals surface area contributed by atoms with E-state index in [9.17, 15) is 14.4 Å². The number of fused-ring (bicyclic) bond motifs is 2. The highest BCUT2D eigenvalue weighted by Crippen LogP contribution is 2.26. The number of amides is 1. The van der Waals surface area contributed by atoms with Gasteiger partial charge in [0.15, 0.2) is 0 Å². The van der Waals surface area contributed by atoms with Gasteiger partial charge in [-0.25, -0.2) is 0 Å². The van der Waals surface area contributed by atoms with Crippen LogP contribution < -0.4 is 4.90 Å². The zero-order valence-corrected chi connectivity index (χ0v) is 20.4. The second-order valence-electron chi connectivity index (χ2n) is 9.58. The number of para-hydroxylation sites is 1. The van der Waals surface area contributed by atoms with Crippen LogP contribution in [0.5, 0.6) is 0 Å². The lowest BCUT2D eigenvalue weighted by Gasteiger charge is -2.26. The van der Waals surface area contributed by atoms with Crippen molar-refractivity contribution in [3.63, 3.8) is 0 Å². The Hall–Kier alpha value is -3.23. The van der Waals surface area contributed by atoms with Crippen molar-refractivity contribution >= 4 is 23.2 Å². The SMILES string of the molecule is CC(C)(C)C(=O)CCOCCCC(=O)CCC(=O)N1Cc2ccccc2C#Cc2ccccc21. The van der Waals surface area contributed by atoms with Crippen LogP contribution in [0.25, 0.3) is 0 Å². The number of nitrogens with zero attached hydrogens (tertiary/aromatic N) is 1. The highest BCUT2D eigenvalue weighted by Gasteiger charge is 2.22. The summed E-state index contributed by atoms with van der Waals surface area (Å²) >= 11 is 0. The molecule has 0 radical (unpaired) electrons. The highest BCUT2D eigenvalue weighted by atomic mass is 16.5. The molecule has 2 aromatic carbocycles. The van der Waals surface area contributed by atoms with Crippen LogP contribution in [-0.4, -0.2) is 30.7 Å². The Morgan fingerprint density at radius 2 is 1.53 bits per heavy atom. The van der Waals surface area contributed by atoms with Gasteiger partial charge in [0.1, 0.15) is 11.6 Å². The Bertz CT molecular complexity index is 1100. The molecule has 0 fully saturated rings. The molecule has 0 bridgehead atoms. The van der Waals surface area contributed by atoms with Crippen molar-refractivity contribution in [1.29, 1.82) is 0 Å². The third-order valence-corrected chi connectivity index (χ3v) is 5.85. The molecular weight excluding hydrogens is 426 g/mol. The Kier molecular flexibility index (Phi) is 8.79. The van der Waals surface area contributed by atoms with Gasteiger partial charge in [-0.15, -0.1) is 0 Å². The van der Waals surface area contributed by atoms with Gasteiger partial charge in [-0.05, 0) is 30.2 Å². The second-order valence-corrected chi connectivity index (χ2v) is 9.58. The quantitative estimate of drug-likeness (QED) is 0.367. The van der Waals surface area contributed by atoms with Crippen LogP contribution in [0.3, 0.4) is 0 Å². The molecule has 2 aromatic rings. The molecule has 0 saturated heterocycles. The summed E-state index contributed by atoms with van der Waals surface area (Å²) in [6.07, 6.45) is 1.70. The first-order valence-electron chi connectivity index (χ1n) is 11.9. The molecule has 0 spiro atoms. The summed E-state index contributed by atoms with van der Waals surface area (Å²) in [5, 5.41) is 0. The van der Waals surface area contributed by atoms with E-state index in [2.05, 4.69) is 11.8 Å². The smallest absolute Gasteiger partial charge is 0.227 e. The van der Waals surface area contributed by atoms with Crippen molar-refractivity contribution < 1.29 is 19.1 Å². The fraction of sp³-hybridized carbons (Fsp3) is 0.414. The number of ketones is 2. The minimum absolute atomic E-state index is 0.0447. The van der Waals surface area contributed by atoms with Gasteiger partial charge in [-0.3, -0.25) is 14.4 Å². The molecule has 0 aromatic heterocycles. The fourth-order valence-corrected chi connectivity index (χ4v) is 3.73. The summed E-state index contributed by atoms with van der Waals surface area (Å²) in [5.74, 6) is 6.52. The molecule has 5 heteroatoms.